The molecule has 0 spiro atoms. The maximum Gasteiger partial charge on any atom is 0.331 e. The summed E-state index contributed by atoms with van der Waals surface area (Å²) >= 11 is 0. The lowest BCUT2D eigenvalue weighted by molar-refractivity contribution is -0.142. The van der Waals surface area contributed by atoms with E-state index in [0.29, 0.717) is 11.5 Å². The van der Waals surface area contributed by atoms with Crippen LogP contribution in [-0.2, 0) is 11.2 Å². The van der Waals surface area contributed by atoms with Crippen LogP contribution in [0.1, 0.15) is 18.1 Å². The van der Waals surface area contributed by atoms with Crippen LogP contribution in [-0.4, -0.2) is 34.6 Å². The third kappa shape index (κ3) is 2.90. The van der Waals surface area contributed by atoms with Crippen LogP contribution < -0.4 is 9.47 Å². The van der Waals surface area contributed by atoms with Gasteiger partial charge in [0.1, 0.15) is 0 Å². The molecule has 0 amide bonds. The number of hydrogen-bond donors (Lipinski definition) is 2. The summed E-state index contributed by atoms with van der Waals surface area (Å²) in [5.41, 5.74) is 1.39. The minimum atomic E-state index is -1.28. The number of H-pyrrole nitrogens is 1. The van der Waals surface area contributed by atoms with Crippen LogP contribution in [0.4, 0.5) is 0 Å². The molecule has 2 heterocycles. The lowest BCUT2D eigenvalue weighted by Gasteiger charge is -2.19. The first-order valence-corrected chi connectivity index (χ1v) is 8.28. The zero-order valence-electron chi connectivity index (χ0n) is 14.2. The zero-order valence-corrected chi connectivity index (χ0v) is 14.2. The highest BCUT2D eigenvalue weighted by molar-refractivity contribution is 5.88. The van der Waals surface area contributed by atoms with Crippen LogP contribution in [0.2, 0.25) is 0 Å². The van der Waals surface area contributed by atoms with Gasteiger partial charge < -0.3 is 19.6 Å². The number of carboxylic acid groups (broad SMARTS) is 1. The molecule has 0 aliphatic carbocycles. The van der Waals surface area contributed by atoms with Crippen molar-refractivity contribution >= 4 is 23.1 Å². The predicted molar refractivity (Wildman–Crippen MR) is 98.2 cm³/mol. The summed E-state index contributed by atoms with van der Waals surface area (Å²) in [6.45, 7) is 1.82. The van der Waals surface area contributed by atoms with Gasteiger partial charge in [-0.3, -0.25) is 4.99 Å². The molecule has 1 aromatic heterocycles. The molecular formula is C20H18N2O4. The smallest absolute Gasteiger partial charge is 0.331 e. The van der Waals surface area contributed by atoms with Crippen LogP contribution in [0.5, 0.6) is 11.5 Å². The molecule has 6 nitrogen and oxygen atoms in total. The van der Waals surface area contributed by atoms with E-state index in [-0.39, 0.29) is 13.2 Å². The molecule has 1 aliphatic heterocycles. The number of aliphatic imine (C=N–C) groups is 1. The summed E-state index contributed by atoms with van der Waals surface area (Å²) in [4.78, 5) is 19.5. The van der Waals surface area contributed by atoms with Gasteiger partial charge in [0.25, 0.3) is 0 Å². The number of hydrogen-bond acceptors (Lipinski definition) is 4. The van der Waals surface area contributed by atoms with E-state index in [1.807, 2.05) is 36.5 Å². The average Bonchev–Trinajstić information content (AvgIpc) is 3.26. The number of carboxylic acids is 1. The molecule has 132 valence electrons. The number of nitrogens with one attached hydrogen (secondary N) is 1. The first-order valence-electron chi connectivity index (χ1n) is 8.28. The van der Waals surface area contributed by atoms with Crippen LogP contribution in [0.25, 0.3) is 10.9 Å². The largest absolute Gasteiger partial charge is 0.479 e. The van der Waals surface area contributed by atoms with E-state index in [2.05, 4.69) is 9.98 Å². The number of benzene rings is 2. The van der Waals surface area contributed by atoms with E-state index < -0.39 is 11.5 Å². The van der Waals surface area contributed by atoms with Crippen LogP contribution >= 0.6 is 0 Å². The number of nitrogens with zero attached hydrogens (tertiary/aromatic N) is 1. The Morgan fingerprint density at radius 3 is 2.92 bits per heavy atom. The molecule has 26 heavy (non-hydrogen) atoms. The van der Waals surface area contributed by atoms with Crippen molar-refractivity contribution in [1.29, 1.82) is 0 Å². The molecule has 6 heteroatoms. The second-order valence-electron chi connectivity index (χ2n) is 6.49. The van der Waals surface area contributed by atoms with Gasteiger partial charge in [0.2, 0.25) is 6.79 Å². The normalized spacial score (nSPS) is 15.4. The molecule has 0 saturated carbocycles. The fourth-order valence-corrected chi connectivity index (χ4v) is 3.04. The van der Waals surface area contributed by atoms with Crippen molar-refractivity contribution in [1.82, 2.24) is 4.98 Å². The standard InChI is InChI=1S/C20H18N2O4/c1-20(19(23)24,9-14-11-21-16-5-3-2-4-15(14)16)22-10-13-6-7-17-18(8-13)26-12-25-17/h2-8,10-11,21H,9,12H2,1H3,(H,23,24). The zero-order chi connectivity index (χ0) is 18.1. The van der Waals surface area contributed by atoms with Crippen molar-refractivity contribution < 1.29 is 19.4 Å². The summed E-state index contributed by atoms with van der Waals surface area (Å²) in [6.07, 6.45) is 3.71. The summed E-state index contributed by atoms with van der Waals surface area (Å²) < 4.78 is 10.6. The van der Waals surface area contributed by atoms with E-state index in [4.69, 9.17) is 9.47 Å². The fraction of sp³-hybridized carbons (Fsp3) is 0.200. The van der Waals surface area contributed by atoms with Crippen molar-refractivity contribution in [3.63, 3.8) is 0 Å². The number of rotatable bonds is 5. The van der Waals surface area contributed by atoms with E-state index in [9.17, 15) is 9.90 Å². The van der Waals surface area contributed by atoms with Crippen LogP contribution in [0.3, 0.4) is 0 Å². The number of carbonyl (C=O) groups is 1. The Hall–Kier alpha value is -3.28. The Morgan fingerprint density at radius 1 is 1.27 bits per heavy atom. The van der Waals surface area contributed by atoms with Crippen molar-refractivity contribution in [3.05, 3.63) is 59.8 Å². The van der Waals surface area contributed by atoms with Gasteiger partial charge in [-0.25, -0.2) is 4.79 Å². The van der Waals surface area contributed by atoms with Crippen molar-refractivity contribution in [2.45, 2.75) is 18.9 Å². The average molecular weight is 350 g/mol. The predicted octanol–water partition coefficient (Wildman–Crippen LogP) is 3.40. The van der Waals surface area contributed by atoms with Gasteiger partial charge in [-0.15, -0.1) is 0 Å². The van der Waals surface area contributed by atoms with Gasteiger partial charge in [0, 0.05) is 29.7 Å². The topological polar surface area (TPSA) is 83.9 Å². The number of para-hydroxylation sites is 1. The Bertz CT molecular complexity index is 1010. The molecule has 0 fully saturated rings. The van der Waals surface area contributed by atoms with E-state index in [1.54, 1.807) is 25.3 Å². The highest BCUT2D eigenvalue weighted by Crippen LogP contribution is 2.32. The third-order valence-electron chi connectivity index (χ3n) is 4.57. The third-order valence-corrected chi connectivity index (χ3v) is 4.57. The van der Waals surface area contributed by atoms with Gasteiger partial charge in [0.05, 0.1) is 0 Å². The lowest BCUT2D eigenvalue weighted by atomic mass is 9.93. The second-order valence-corrected chi connectivity index (χ2v) is 6.49. The first-order chi connectivity index (χ1) is 12.5. The van der Waals surface area contributed by atoms with Gasteiger partial charge in [-0.2, -0.15) is 0 Å². The summed E-state index contributed by atoms with van der Waals surface area (Å²) in [7, 11) is 0. The van der Waals surface area contributed by atoms with Gasteiger partial charge in [0.15, 0.2) is 17.0 Å². The molecule has 2 aromatic carbocycles. The van der Waals surface area contributed by atoms with E-state index >= 15 is 0 Å². The van der Waals surface area contributed by atoms with E-state index in [1.165, 1.54) is 0 Å². The number of ether oxygens (including phenoxy) is 2. The quantitative estimate of drug-likeness (QED) is 0.691. The molecule has 1 unspecified atom stereocenters. The van der Waals surface area contributed by atoms with Gasteiger partial charge in [-0.1, -0.05) is 18.2 Å². The van der Waals surface area contributed by atoms with E-state index in [0.717, 1.165) is 22.0 Å². The monoisotopic (exact) mass is 350 g/mol. The Morgan fingerprint density at radius 2 is 2.08 bits per heavy atom. The molecule has 0 radical (unpaired) electrons. The minimum absolute atomic E-state index is 0.198. The van der Waals surface area contributed by atoms with Gasteiger partial charge >= 0.3 is 5.97 Å². The van der Waals surface area contributed by atoms with Crippen molar-refractivity contribution in [3.8, 4) is 11.5 Å². The van der Waals surface area contributed by atoms with Crippen molar-refractivity contribution in [2.75, 3.05) is 6.79 Å². The van der Waals surface area contributed by atoms with Crippen molar-refractivity contribution in [2.24, 2.45) is 4.99 Å². The number of aromatic amines is 1. The molecular weight excluding hydrogens is 332 g/mol. The minimum Gasteiger partial charge on any atom is -0.479 e. The second kappa shape index (κ2) is 6.22. The first kappa shape index (κ1) is 16.2. The number of aromatic nitrogens is 1. The summed E-state index contributed by atoms with van der Waals surface area (Å²) in [5.74, 6) is 0.351. The lowest BCUT2D eigenvalue weighted by Crippen LogP contribution is -2.35. The molecule has 0 saturated heterocycles. The molecule has 3 aromatic rings. The molecule has 1 atom stereocenters. The molecule has 4 rings (SSSR count). The summed E-state index contributed by atoms with van der Waals surface area (Å²) in [6, 6.07) is 13.2. The maximum absolute atomic E-state index is 11.9. The highest BCUT2D eigenvalue weighted by Gasteiger charge is 2.33. The Kier molecular flexibility index (Phi) is 3.88. The molecule has 0 bridgehead atoms. The molecule has 1 aliphatic rings. The number of aliphatic carboxylic acids is 1. The Balaban J connectivity index is 1.63. The Labute approximate surface area is 150 Å². The highest BCUT2D eigenvalue weighted by atomic mass is 16.7. The van der Waals surface area contributed by atoms with Crippen LogP contribution in [0.15, 0.2) is 53.7 Å². The van der Waals surface area contributed by atoms with Gasteiger partial charge in [-0.05, 0) is 42.3 Å². The maximum atomic E-state index is 11.9. The number of fused-ring (bicyclic) bond motifs is 2. The molecule has 2 N–H and O–H groups in total. The fourth-order valence-electron chi connectivity index (χ4n) is 3.04. The SMILES string of the molecule is CC(Cc1c[nH]c2ccccc12)(N=Cc1ccc2c(c1)OCO2)C(=O)O. The summed E-state index contributed by atoms with van der Waals surface area (Å²) in [5, 5.41) is 10.8. The van der Waals surface area contributed by atoms with Crippen LogP contribution in [0, 0.1) is 0 Å².